The van der Waals surface area contributed by atoms with Crippen LogP contribution in [0, 0.1) is 12.8 Å². The minimum absolute atomic E-state index is 0.454. The molecule has 1 aromatic carbocycles. The Balaban J connectivity index is 2.23. The zero-order valence-electron chi connectivity index (χ0n) is 12.2. The molecule has 2 rings (SSSR count). The zero-order chi connectivity index (χ0) is 15.4. The van der Waals surface area contributed by atoms with E-state index in [1.807, 2.05) is 48.9 Å². The molecule has 1 N–H and O–H groups in total. The minimum atomic E-state index is -0.771. The van der Waals surface area contributed by atoms with Crippen LogP contribution in [0.15, 0.2) is 34.8 Å². The van der Waals surface area contributed by atoms with Crippen molar-refractivity contribution < 1.29 is 9.90 Å². The maximum Gasteiger partial charge on any atom is 0.307 e. The molecule has 0 radical (unpaired) electrons. The van der Waals surface area contributed by atoms with Gasteiger partial charge in [0.2, 0.25) is 0 Å². The molecule has 21 heavy (non-hydrogen) atoms. The largest absolute Gasteiger partial charge is 0.481 e. The van der Waals surface area contributed by atoms with Gasteiger partial charge in [-0.2, -0.15) is 5.10 Å². The summed E-state index contributed by atoms with van der Waals surface area (Å²) in [5.74, 6) is -1.22. The van der Waals surface area contributed by atoms with Gasteiger partial charge in [-0.15, -0.1) is 0 Å². The molecule has 5 heteroatoms. The number of nitrogens with zero attached hydrogens (tertiary/aromatic N) is 2. The SMILES string of the molecule is CCn1nc(C)c(Br)c1CC(Cc1ccccc1)C(=O)O. The Hall–Kier alpha value is -1.62. The van der Waals surface area contributed by atoms with Gasteiger partial charge in [0.05, 0.1) is 21.8 Å². The fourth-order valence-electron chi connectivity index (χ4n) is 2.44. The first-order chi connectivity index (χ1) is 10.0. The van der Waals surface area contributed by atoms with Crippen LogP contribution in [0.3, 0.4) is 0 Å². The average Bonchev–Trinajstić information content (AvgIpc) is 2.75. The second-order valence-electron chi connectivity index (χ2n) is 5.09. The van der Waals surface area contributed by atoms with E-state index in [1.165, 1.54) is 0 Å². The average molecular weight is 351 g/mol. The van der Waals surface area contributed by atoms with E-state index in [-0.39, 0.29) is 0 Å². The fraction of sp³-hybridized carbons (Fsp3) is 0.375. The molecule has 0 aliphatic rings. The van der Waals surface area contributed by atoms with Gasteiger partial charge in [0.15, 0.2) is 0 Å². The zero-order valence-corrected chi connectivity index (χ0v) is 13.8. The van der Waals surface area contributed by atoms with Crippen LogP contribution in [-0.2, 0) is 24.2 Å². The number of carbonyl (C=O) groups is 1. The van der Waals surface area contributed by atoms with E-state index in [2.05, 4.69) is 21.0 Å². The Morgan fingerprint density at radius 3 is 2.57 bits per heavy atom. The van der Waals surface area contributed by atoms with E-state index < -0.39 is 11.9 Å². The molecule has 0 fully saturated rings. The molecule has 0 aliphatic heterocycles. The molecule has 4 nitrogen and oxygen atoms in total. The lowest BCUT2D eigenvalue weighted by Gasteiger charge is -2.14. The Kier molecular flexibility index (Phi) is 5.17. The summed E-state index contributed by atoms with van der Waals surface area (Å²) in [4.78, 5) is 11.6. The summed E-state index contributed by atoms with van der Waals surface area (Å²) in [5, 5.41) is 13.9. The number of carboxylic acid groups (broad SMARTS) is 1. The van der Waals surface area contributed by atoms with Gasteiger partial charge in [0.1, 0.15) is 0 Å². The van der Waals surface area contributed by atoms with Crippen molar-refractivity contribution in [2.45, 2.75) is 33.2 Å². The standard InChI is InChI=1S/C16H19BrN2O2/c1-3-19-14(15(17)11(2)18-19)10-13(16(20)21)9-12-7-5-4-6-8-12/h4-8,13H,3,9-10H2,1-2H3,(H,20,21). The maximum absolute atomic E-state index is 11.6. The van der Waals surface area contributed by atoms with Gasteiger partial charge in [-0.05, 0) is 41.8 Å². The van der Waals surface area contributed by atoms with Crippen molar-refractivity contribution in [2.75, 3.05) is 0 Å². The second kappa shape index (κ2) is 6.89. The van der Waals surface area contributed by atoms with Crippen molar-refractivity contribution in [3.8, 4) is 0 Å². The lowest BCUT2D eigenvalue weighted by Crippen LogP contribution is -2.21. The van der Waals surface area contributed by atoms with E-state index in [9.17, 15) is 9.90 Å². The monoisotopic (exact) mass is 350 g/mol. The predicted molar refractivity (Wildman–Crippen MR) is 85.3 cm³/mol. The van der Waals surface area contributed by atoms with Crippen LogP contribution < -0.4 is 0 Å². The van der Waals surface area contributed by atoms with E-state index in [0.717, 1.165) is 28.0 Å². The van der Waals surface area contributed by atoms with Crippen molar-refractivity contribution in [1.82, 2.24) is 9.78 Å². The van der Waals surface area contributed by atoms with E-state index in [4.69, 9.17) is 0 Å². The molecule has 1 heterocycles. The first-order valence-electron chi connectivity index (χ1n) is 7.01. The van der Waals surface area contributed by atoms with Crippen LogP contribution in [0.25, 0.3) is 0 Å². The number of hydrogen-bond donors (Lipinski definition) is 1. The van der Waals surface area contributed by atoms with E-state index >= 15 is 0 Å². The van der Waals surface area contributed by atoms with Crippen LogP contribution in [0.5, 0.6) is 0 Å². The summed E-state index contributed by atoms with van der Waals surface area (Å²) < 4.78 is 2.80. The number of aromatic nitrogens is 2. The third kappa shape index (κ3) is 3.73. The molecule has 0 aliphatic carbocycles. The molecule has 0 saturated heterocycles. The van der Waals surface area contributed by atoms with Crippen LogP contribution in [-0.4, -0.2) is 20.9 Å². The quantitative estimate of drug-likeness (QED) is 0.867. The first-order valence-corrected chi connectivity index (χ1v) is 7.80. The minimum Gasteiger partial charge on any atom is -0.481 e. The van der Waals surface area contributed by atoms with Gasteiger partial charge in [-0.3, -0.25) is 9.48 Å². The molecule has 112 valence electrons. The highest BCUT2D eigenvalue weighted by Crippen LogP contribution is 2.25. The van der Waals surface area contributed by atoms with Crippen molar-refractivity contribution in [2.24, 2.45) is 5.92 Å². The lowest BCUT2D eigenvalue weighted by molar-refractivity contribution is -0.141. The van der Waals surface area contributed by atoms with Crippen LogP contribution in [0.4, 0.5) is 0 Å². The molecule has 0 bridgehead atoms. The van der Waals surface area contributed by atoms with Gasteiger partial charge in [-0.1, -0.05) is 30.3 Å². The molecule has 0 amide bonds. The number of halogens is 1. The summed E-state index contributed by atoms with van der Waals surface area (Å²) >= 11 is 3.53. The molecule has 1 aromatic heterocycles. The third-order valence-corrected chi connectivity index (χ3v) is 4.60. The molecule has 0 spiro atoms. The highest BCUT2D eigenvalue weighted by molar-refractivity contribution is 9.10. The smallest absolute Gasteiger partial charge is 0.307 e. The molecule has 0 saturated carbocycles. The first kappa shape index (κ1) is 15.8. The second-order valence-corrected chi connectivity index (χ2v) is 5.88. The lowest BCUT2D eigenvalue weighted by atomic mass is 9.94. The molecular weight excluding hydrogens is 332 g/mol. The Bertz CT molecular complexity index is 623. The van der Waals surface area contributed by atoms with Gasteiger partial charge >= 0.3 is 5.97 Å². The summed E-state index contributed by atoms with van der Waals surface area (Å²) in [6.45, 7) is 4.67. The van der Waals surface area contributed by atoms with Crippen molar-refractivity contribution >= 4 is 21.9 Å². The van der Waals surface area contributed by atoms with E-state index in [0.29, 0.717) is 12.8 Å². The van der Waals surface area contributed by atoms with Crippen molar-refractivity contribution in [3.05, 3.63) is 51.8 Å². The van der Waals surface area contributed by atoms with Crippen molar-refractivity contribution in [1.29, 1.82) is 0 Å². The topological polar surface area (TPSA) is 55.1 Å². The summed E-state index contributed by atoms with van der Waals surface area (Å²) in [5.41, 5.74) is 2.90. The number of aryl methyl sites for hydroxylation is 2. The fourth-order valence-corrected chi connectivity index (χ4v) is 2.89. The number of rotatable bonds is 6. The Morgan fingerprint density at radius 1 is 1.33 bits per heavy atom. The van der Waals surface area contributed by atoms with E-state index in [1.54, 1.807) is 0 Å². The van der Waals surface area contributed by atoms with Crippen LogP contribution in [0.1, 0.15) is 23.9 Å². The highest BCUT2D eigenvalue weighted by atomic mass is 79.9. The normalized spacial score (nSPS) is 12.3. The summed E-state index contributed by atoms with van der Waals surface area (Å²) in [6.07, 6.45) is 0.996. The van der Waals surface area contributed by atoms with Gasteiger partial charge < -0.3 is 5.11 Å². The molecular formula is C16H19BrN2O2. The summed E-state index contributed by atoms with van der Waals surface area (Å²) in [6, 6.07) is 9.74. The molecule has 2 aromatic rings. The molecule has 1 atom stereocenters. The molecule has 1 unspecified atom stereocenters. The summed E-state index contributed by atoms with van der Waals surface area (Å²) in [7, 11) is 0. The maximum atomic E-state index is 11.6. The number of carboxylic acids is 1. The third-order valence-electron chi connectivity index (χ3n) is 3.57. The number of aliphatic carboxylic acids is 1. The number of hydrogen-bond acceptors (Lipinski definition) is 2. The van der Waals surface area contributed by atoms with Crippen molar-refractivity contribution in [3.63, 3.8) is 0 Å². The Labute approximate surface area is 132 Å². The van der Waals surface area contributed by atoms with Gasteiger partial charge in [0.25, 0.3) is 0 Å². The predicted octanol–water partition coefficient (Wildman–Crippen LogP) is 3.46. The van der Waals surface area contributed by atoms with Crippen LogP contribution >= 0.6 is 15.9 Å². The highest BCUT2D eigenvalue weighted by Gasteiger charge is 2.23. The van der Waals surface area contributed by atoms with Gasteiger partial charge in [0, 0.05) is 13.0 Å². The Morgan fingerprint density at radius 2 is 2.00 bits per heavy atom. The van der Waals surface area contributed by atoms with Crippen LogP contribution in [0.2, 0.25) is 0 Å². The van der Waals surface area contributed by atoms with Gasteiger partial charge in [-0.25, -0.2) is 0 Å². The number of benzene rings is 1.